The van der Waals surface area contributed by atoms with Crippen LogP contribution in [0.4, 0.5) is 0 Å². The fourth-order valence-corrected chi connectivity index (χ4v) is 3.67. The van der Waals surface area contributed by atoms with Gasteiger partial charge in [-0.25, -0.2) is 4.58 Å². The first-order chi connectivity index (χ1) is 11.0. The van der Waals surface area contributed by atoms with Crippen LogP contribution >= 0.6 is 0 Å². The molecule has 3 heteroatoms. The summed E-state index contributed by atoms with van der Waals surface area (Å²) in [6.07, 6.45) is 8.51. The van der Waals surface area contributed by atoms with Crippen molar-refractivity contribution in [2.75, 3.05) is 13.1 Å². The maximum Gasteiger partial charge on any atom is 0.168 e. The van der Waals surface area contributed by atoms with Crippen molar-refractivity contribution in [2.45, 2.75) is 65.0 Å². The summed E-state index contributed by atoms with van der Waals surface area (Å²) in [5.41, 5.74) is 4.53. The number of rotatable bonds is 4. The average Bonchev–Trinajstić information content (AvgIpc) is 3.04. The van der Waals surface area contributed by atoms with Gasteiger partial charge in [0.05, 0.1) is 6.42 Å². The van der Waals surface area contributed by atoms with E-state index in [-0.39, 0.29) is 22.5 Å². The van der Waals surface area contributed by atoms with E-state index in [1.165, 1.54) is 42.8 Å². The third kappa shape index (κ3) is 4.30. The van der Waals surface area contributed by atoms with Gasteiger partial charge in [-0.15, -0.1) is 0 Å². The molecule has 0 radical (unpaired) electrons. The Labute approximate surface area is 158 Å². The van der Waals surface area contributed by atoms with Crippen molar-refractivity contribution in [3.05, 3.63) is 47.2 Å². The van der Waals surface area contributed by atoms with Crippen LogP contribution in [0.1, 0.15) is 64.0 Å². The third-order valence-electron chi connectivity index (χ3n) is 5.35. The molecule has 2 nitrogen and oxygen atoms in total. The van der Waals surface area contributed by atoms with E-state index < -0.39 is 0 Å². The molecule has 0 unspecified atom stereocenters. The lowest BCUT2D eigenvalue weighted by atomic mass is 9.93. The lowest BCUT2D eigenvalue weighted by molar-refractivity contribution is -0.612. The number of benzene rings is 1. The zero-order valence-electron chi connectivity index (χ0n) is 15.6. The molecule has 0 amide bonds. The summed E-state index contributed by atoms with van der Waals surface area (Å²) in [6.45, 7) is 12.7. The van der Waals surface area contributed by atoms with Gasteiger partial charge in [-0.1, -0.05) is 38.1 Å². The largest absolute Gasteiger partial charge is 1.00 e. The number of hydrogen-bond donors (Lipinski definition) is 0. The smallest absolute Gasteiger partial charge is 0.168 e. The molecule has 2 aliphatic heterocycles. The summed E-state index contributed by atoms with van der Waals surface area (Å²) >= 11 is 0. The maximum absolute atomic E-state index is 2.58. The molecule has 24 heavy (non-hydrogen) atoms. The van der Waals surface area contributed by atoms with Gasteiger partial charge in [-0.3, -0.25) is 0 Å². The number of likely N-dealkylation sites (tertiary alicyclic amines) is 1. The fraction of sp³-hybridized carbons (Fsp3) is 0.571. The first-order valence-corrected chi connectivity index (χ1v) is 9.10. The lowest BCUT2D eigenvalue weighted by Crippen LogP contribution is -3.00. The van der Waals surface area contributed by atoms with Gasteiger partial charge in [-0.2, -0.15) is 0 Å². The van der Waals surface area contributed by atoms with Crippen LogP contribution in [0.15, 0.2) is 36.0 Å². The van der Waals surface area contributed by atoms with Crippen LogP contribution in [0, 0.1) is 0 Å². The van der Waals surface area contributed by atoms with Gasteiger partial charge in [0, 0.05) is 44.3 Å². The number of halogens is 1. The number of allylic oxidation sites excluding steroid dienone is 1. The van der Waals surface area contributed by atoms with Crippen LogP contribution in [0.3, 0.4) is 0 Å². The van der Waals surface area contributed by atoms with Crippen molar-refractivity contribution in [1.82, 2.24) is 4.90 Å². The molecular formula is C21H31BrN2. The quantitative estimate of drug-likeness (QED) is 0.707. The minimum atomic E-state index is 0. The fourth-order valence-electron chi connectivity index (χ4n) is 3.67. The molecule has 2 aliphatic rings. The second-order valence-electron chi connectivity index (χ2n) is 8.01. The molecule has 3 rings (SSSR count). The van der Waals surface area contributed by atoms with E-state index in [0.717, 1.165) is 13.0 Å². The summed E-state index contributed by atoms with van der Waals surface area (Å²) in [7, 11) is 0. The molecule has 0 aliphatic carbocycles. The minimum absolute atomic E-state index is 0. The highest BCUT2D eigenvalue weighted by Crippen LogP contribution is 2.28. The molecule has 0 N–H and O–H groups in total. The Bertz CT molecular complexity index is 605. The van der Waals surface area contributed by atoms with Gasteiger partial charge in [0.1, 0.15) is 0 Å². The SMILES string of the molecule is CC(C)c1ccc(C[N+]2=CC=C(N3CCCC3)CC2(C)C)cc1.[Br-]. The molecule has 1 fully saturated rings. The van der Waals surface area contributed by atoms with Crippen molar-refractivity contribution < 1.29 is 21.6 Å². The predicted octanol–water partition coefficient (Wildman–Crippen LogP) is 1.56. The van der Waals surface area contributed by atoms with Gasteiger partial charge in [0.15, 0.2) is 18.3 Å². The van der Waals surface area contributed by atoms with E-state index in [2.05, 4.69) is 73.7 Å². The molecule has 2 heterocycles. The topological polar surface area (TPSA) is 6.25 Å². The summed E-state index contributed by atoms with van der Waals surface area (Å²) in [5.74, 6) is 0.605. The highest BCUT2D eigenvalue weighted by Gasteiger charge is 2.35. The second-order valence-corrected chi connectivity index (χ2v) is 8.01. The van der Waals surface area contributed by atoms with E-state index in [4.69, 9.17) is 0 Å². The van der Waals surface area contributed by atoms with Gasteiger partial charge in [0.2, 0.25) is 0 Å². The Morgan fingerprint density at radius 2 is 1.71 bits per heavy atom. The zero-order valence-corrected chi connectivity index (χ0v) is 17.1. The number of hydrogen-bond acceptors (Lipinski definition) is 1. The summed E-state index contributed by atoms with van der Waals surface area (Å²) in [4.78, 5) is 2.58. The second kappa shape index (κ2) is 7.86. The molecular weight excluding hydrogens is 360 g/mol. The molecule has 0 bridgehead atoms. The summed E-state index contributed by atoms with van der Waals surface area (Å²) < 4.78 is 2.50. The Hall–Kier alpha value is -1.09. The van der Waals surface area contributed by atoms with Gasteiger partial charge >= 0.3 is 0 Å². The van der Waals surface area contributed by atoms with Crippen LogP contribution in [-0.2, 0) is 6.54 Å². The Kier molecular flexibility index (Phi) is 6.30. The van der Waals surface area contributed by atoms with Crippen molar-refractivity contribution in [2.24, 2.45) is 0 Å². The molecule has 1 saturated heterocycles. The first kappa shape index (κ1) is 19.2. The molecule has 132 valence electrons. The lowest BCUT2D eigenvalue weighted by Gasteiger charge is -2.31. The molecule has 0 aromatic heterocycles. The molecule has 0 saturated carbocycles. The van der Waals surface area contributed by atoms with E-state index in [1.54, 1.807) is 0 Å². The van der Waals surface area contributed by atoms with Crippen LogP contribution in [0.2, 0.25) is 0 Å². The van der Waals surface area contributed by atoms with Crippen molar-refractivity contribution in [3.8, 4) is 0 Å². The molecule has 1 aromatic rings. The first-order valence-electron chi connectivity index (χ1n) is 9.10. The van der Waals surface area contributed by atoms with Crippen LogP contribution in [-0.4, -0.2) is 34.3 Å². The monoisotopic (exact) mass is 390 g/mol. The highest BCUT2D eigenvalue weighted by molar-refractivity contribution is 5.68. The van der Waals surface area contributed by atoms with E-state index in [9.17, 15) is 0 Å². The van der Waals surface area contributed by atoms with Crippen LogP contribution in [0.5, 0.6) is 0 Å². The summed E-state index contributed by atoms with van der Waals surface area (Å²) in [5, 5.41) is 0. The normalized spacial score (nSPS) is 19.8. The van der Waals surface area contributed by atoms with Crippen molar-refractivity contribution >= 4 is 6.21 Å². The summed E-state index contributed by atoms with van der Waals surface area (Å²) in [6, 6.07) is 9.14. The number of nitrogens with zero attached hydrogens (tertiary/aromatic N) is 2. The predicted molar refractivity (Wildman–Crippen MR) is 98.1 cm³/mol. The van der Waals surface area contributed by atoms with Gasteiger partial charge < -0.3 is 21.9 Å². The highest BCUT2D eigenvalue weighted by atomic mass is 79.9. The van der Waals surface area contributed by atoms with Crippen molar-refractivity contribution in [1.29, 1.82) is 0 Å². The molecule has 1 aromatic carbocycles. The Morgan fingerprint density at radius 1 is 1.08 bits per heavy atom. The van der Waals surface area contributed by atoms with E-state index >= 15 is 0 Å². The third-order valence-corrected chi connectivity index (χ3v) is 5.35. The minimum Gasteiger partial charge on any atom is -1.00 e. The van der Waals surface area contributed by atoms with E-state index in [1.807, 2.05) is 0 Å². The Balaban J connectivity index is 0.00000208. The average molecular weight is 391 g/mol. The molecule has 0 spiro atoms. The standard InChI is InChI=1S/C21H31N2.BrH/c1-17(2)19-9-7-18(8-10-19)16-23-14-11-20(15-21(23,3)4)22-12-5-6-13-22;/h7-11,14,17H,5-6,12-13,15-16H2,1-4H3;1H/q+1;/p-1. The van der Waals surface area contributed by atoms with Gasteiger partial charge in [-0.05, 0) is 24.3 Å². The molecule has 0 atom stereocenters. The zero-order chi connectivity index (χ0) is 16.4. The van der Waals surface area contributed by atoms with E-state index in [0.29, 0.717) is 5.92 Å². The van der Waals surface area contributed by atoms with Crippen molar-refractivity contribution in [3.63, 3.8) is 0 Å². The Morgan fingerprint density at radius 3 is 2.25 bits per heavy atom. The van der Waals surface area contributed by atoms with Gasteiger partial charge in [0.25, 0.3) is 0 Å². The van der Waals surface area contributed by atoms with Crippen LogP contribution < -0.4 is 17.0 Å². The van der Waals surface area contributed by atoms with Crippen LogP contribution in [0.25, 0.3) is 0 Å². The maximum atomic E-state index is 2.58.